The third-order valence-electron chi connectivity index (χ3n) is 9.67. The molecule has 2 aromatic carbocycles. The Morgan fingerprint density at radius 3 is 1.10 bits per heavy atom. The summed E-state index contributed by atoms with van der Waals surface area (Å²) < 4.78 is 0. The highest BCUT2D eigenvalue weighted by molar-refractivity contribution is 5.18. The first-order chi connectivity index (χ1) is 18.8. The van der Waals surface area contributed by atoms with E-state index in [1.165, 1.54) is 62.5 Å². The summed E-state index contributed by atoms with van der Waals surface area (Å²) in [5, 5.41) is 0. The van der Waals surface area contributed by atoms with Crippen molar-refractivity contribution in [2.75, 3.05) is 0 Å². The maximum atomic E-state index is 2.62. The van der Waals surface area contributed by atoms with Crippen molar-refractivity contribution in [2.45, 2.75) is 146 Å². The lowest BCUT2D eigenvalue weighted by Crippen LogP contribution is -2.36. The molecule has 0 bridgehead atoms. The maximum Gasteiger partial charge on any atom is -0.0219 e. The number of hydrogen-bond donors (Lipinski definition) is 0. The van der Waals surface area contributed by atoms with Crippen LogP contribution in [0.1, 0.15) is 157 Å². The topological polar surface area (TPSA) is 0 Å². The number of rotatable bonds is 6. The molecule has 0 N–H and O–H groups in total. The molecular formula is C40H68. The van der Waals surface area contributed by atoms with Gasteiger partial charge >= 0.3 is 0 Å². The van der Waals surface area contributed by atoms with Gasteiger partial charge in [0.15, 0.2) is 0 Å². The molecule has 4 rings (SSSR count). The summed E-state index contributed by atoms with van der Waals surface area (Å²) in [5.74, 6) is 5.00. The van der Waals surface area contributed by atoms with Crippen molar-refractivity contribution in [2.24, 2.45) is 34.5 Å². The maximum absolute atomic E-state index is 2.62. The Balaban J connectivity index is 0.000000317. The fourth-order valence-electron chi connectivity index (χ4n) is 7.83. The molecule has 2 aliphatic carbocycles. The Hall–Kier alpha value is -1.56. The van der Waals surface area contributed by atoms with E-state index in [1.807, 2.05) is 12.1 Å². The van der Waals surface area contributed by atoms with E-state index >= 15 is 0 Å². The van der Waals surface area contributed by atoms with E-state index in [9.17, 15) is 0 Å². The summed E-state index contributed by atoms with van der Waals surface area (Å²) in [7, 11) is 0. The predicted octanol–water partition coefficient (Wildman–Crippen LogP) is 13.3. The highest BCUT2D eigenvalue weighted by Crippen LogP contribution is 2.59. The fourth-order valence-corrected chi connectivity index (χ4v) is 7.83. The van der Waals surface area contributed by atoms with Gasteiger partial charge in [0.1, 0.15) is 0 Å². The van der Waals surface area contributed by atoms with E-state index in [2.05, 4.69) is 132 Å². The second-order valence-corrected chi connectivity index (χ2v) is 14.8. The zero-order valence-corrected chi connectivity index (χ0v) is 28.9. The van der Waals surface area contributed by atoms with Gasteiger partial charge in [0.05, 0.1) is 0 Å². The molecule has 4 unspecified atom stereocenters. The minimum atomic E-state index is 0.625. The second kappa shape index (κ2) is 18.1. The Bertz CT molecular complexity index is 803. The third-order valence-corrected chi connectivity index (χ3v) is 9.67. The first-order valence-electron chi connectivity index (χ1n) is 16.9. The smallest absolute Gasteiger partial charge is 0.0219 e. The molecule has 2 aliphatic rings. The minimum absolute atomic E-state index is 0.625. The van der Waals surface area contributed by atoms with Crippen LogP contribution in [-0.2, 0) is 0 Å². The van der Waals surface area contributed by atoms with E-state index < -0.39 is 0 Å². The molecule has 2 saturated carbocycles. The fraction of sp³-hybridized carbons (Fsp3) is 0.700. The van der Waals surface area contributed by atoms with Crippen LogP contribution in [0, 0.1) is 34.5 Å². The number of benzene rings is 2. The summed E-state index contributed by atoms with van der Waals surface area (Å²) in [5.41, 5.74) is 4.08. The summed E-state index contributed by atoms with van der Waals surface area (Å²) in [4.78, 5) is 0. The lowest BCUT2D eigenvalue weighted by molar-refractivity contribution is 0.0507. The molecule has 40 heavy (non-hydrogen) atoms. The molecule has 228 valence electrons. The van der Waals surface area contributed by atoms with Crippen LogP contribution in [-0.4, -0.2) is 0 Å². The average molecular weight is 549 g/mol. The van der Waals surface area contributed by atoms with Crippen LogP contribution in [0.15, 0.2) is 60.7 Å². The van der Waals surface area contributed by atoms with Crippen LogP contribution < -0.4 is 0 Å². The lowest BCUT2D eigenvalue weighted by Gasteiger charge is -2.44. The van der Waals surface area contributed by atoms with Crippen LogP contribution in [0.2, 0.25) is 0 Å². The Morgan fingerprint density at radius 2 is 0.875 bits per heavy atom. The van der Waals surface area contributed by atoms with E-state index in [-0.39, 0.29) is 0 Å². The van der Waals surface area contributed by atoms with Gasteiger partial charge in [-0.25, -0.2) is 0 Å². The van der Waals surface area contributed by atoms with Crippen LogP contribution in [0.25, 0.3) is 0 Å². The van der Waals surface area contributed by atoms with Crippen LogP contribution in [0.4, 0.5) is 0 Å². The van der Waals surface area contributed by atoms with Gasteiger partial charge in [-0.05, 0) is 89.6 Å². The van der Waals surface area contributed by atoms with Crippen LogP contribution in [0.3, 0.4) is 0 Å². The highest BCUT2D eigenvalue weighted by Gasteiger charge is 2.49. The standard InChI is InChI=1S/C19H36.2C9H12.C3H8/c1-14(2)16-9-7-11-18(16,5)13-19(6)12-8-10-17(19)15(3)4;2*1-8(2)9-6-4-3-5-7-9;1-3-2/h14-17H,7-13H2,1-6H3;2*3-8H,1-2H3;3H2,1-2H3. The van der Waals surface area contributed by atoms with Gasteiger partial charge in [-0.3, -0.25) is 0 Å². The minimum Gasteiger partial charge on any atom is -0.0656 e. The first kappa shape index (κ1) is 36.5. The largest absolute Gasteiger partial charge is 0.0656 e. The molecule has 0 amide bonds. The van der Waals surface area contributed by atoms with Crippen LogP contribution in [0.5, 0.6) is 0 Å². The molecule has 0 heteroatoms. The SMILES string of the molecule is CC(C)C1CCCC1(C)CC1(C)CCCC1C(C)C.CC(C)c1ccccc1.CC(C)c1ccccc1.CCC. The van der Waals surface area contributed by atoms with E-state index in [1.54, 1.807) is 0 Å². The third kappa shape index (κ3) is 11.7. The summed E-state index contributed by atoms with van der Waals surface area (Å²) >= 11 is 0. The van der Waals surface area contributed by atoms with Crippen molar-refractivity contribution in [1.29, 1.82) is 0 Å². The molecular weight excluding hydrogens is 480 g/mol. The Morgan fingerprint density at radius 1 is 0.575 bits per heavy atom. The first-order valence-corrected chi connectivity index (χ1v) is 16.9. The monoisotopic (exact) mass is 549 g/mol. The normalized spacial score (nSPS) is 25.7. The molecule has 2 aromatic rings. The van der Waals surface area contributed by atoms with Gasteiger partial charge in [-0.2, -0.15) is 0 Å². The summed E-state index contributed by atoms with van der Waals surface area (Å²) in [6.45, 7) is 28.1. The molecule has 0 saturated heterocycles. The van der Waals surface area contributed by atoms with Gasteiger partial charge in [0, 0.05) is 0 Å². The van der Waals surface area contributed by atoms with Gasteiger partial charge in [0.25, 0.3) is 0 Å². The quantitative estimate of drug-likeness (QED) is 0.337. The summed E-state index contributed by atoms with van der Waals surface area (Å²) in [6.07, 6.45) is 11.6. The van der Waals surface area contributed by atoms with E-state index in [0.717, 1.165) is 23.7 Å². The van der Waals surface area contributed by atoms with E-state index in [4.69, 9.17) is 0 Å². The molecule has 4 atom stereocenters. The van der Waals surface area contributed by atoms with Crippen molar-refractivity contribution in [3.63, 3.8) is 0 Å². The Kier molecular flexibility index (Phi) is 16.5. The van der Waals surface area contributed by atoms with E-state index in [0.29, 0.717) is 22.7 Å². The van der Waals surface area contributed by atoms with Crippen molar-refractivity contribution in [3.8, 4) is 0 Å². The van der Waals surface area contributed by atoms with Gasteiger partial charge in [0.2, 0.25) is 0 Å². The zero-order valence-electron chi connectivity index (χ0n) is 28.9. The molecule has 2 fully saturated rings. The predicted molar refractivity (Wildman–Crippen MR) is 182 cm³/mol. The van der Waals surface area contributed by atoms with Crippen molar-refractivity contribution >= 4 is 0 Å². The lowest BCUT2D eigenvalue weighted by atomic mass is 9.61. The molecule has 0 spiro atoms. The van der Waals surface area contributed by atoms with Crippen molar-refractivity contribution in [1.82, 2.24) is 0 Å². The average Bonchev–Trinajstić information content (AvgIpc) is 3.48. The molecule has 0 aromatic heterocycles. The zero-order chi connectivity index (χ0) is 30.3. The molecule has 0 heterocycles. The second-order valence-electron chi connectivity index (χ2n) is 14.8. The van der Waals surface area contributed by atoms with Gasteiger partial charge in [-0.1, -0.05) is 163 Å². The van der Waals surface area contributed by atoms with Gasteiger partial charge < -0.3 is 0 Å². The molecule has 0 aliphatic heterocycles. The van der Waals surface area contributed by atoms with Crippen molar-refractivity contribution in [3.05, 3.63) is 71.8 Å². The highest BCUT2D eigenvalue weighted by atomic mass is 14.5. The molecule has 0 nitrogen and oxygen atoms in total. The van der Waals surface area contributed by atoms with Gasteiger partial charge in [-0.15, -0.1) is 0 Å². The van der Waals surface area contributed by atoms with Crippen LogP contribution >= 0.6 is 0 Å². The Labute approximate surface area is 252 Å². The summed E-state index contributed by atoms with van der Waals surface area (Å²) in [6, 6.07) is 21.0. The van der Waals surface area contributed by atoms with Crippen molar-refractivity contribution < 1.29 is 0 Å². The number of hydrogen-bond acceptors (Lipinski definition) is 0. The molecule has 0 radical (unpaired) electrons.